The maximum absolute atomic E-state index is 4.77. The van der Waals surface area contributed by atoms with Gasteiger partial charge in [0, 0.05) is 29.1 Å². The number of hydrogen-bond acceptors (Lipinski definition) is 3. The Hall–Kier alpha value is -1.74. The van der Waals surface area contributed by atoms with Crippen molar-refractivity contribution in [3.05, 3.63) is 47.3 Å². The minimum atomic E-state index is 0.412. The second-order valence-corrected chi connectivity index (χ2v) is 5.20. The minimum absolute atomic E-state index is 0.412. The van der Waals surface area contributed by atoms with Crippen LogP contribution in [0.2, 0.25) is 0 Å². The van der Waals surface area contributed by atoms with Gasteiger partial charge in [-0.1, -0.05) is 23.8 Å². The standard InChI is InChI=1S/C16H19N3/c1-11-5-3-6-12(9-11)16-18-10-13-14(17-2)7-4-8-15(13)19-16/h3,5-6,9-10,14,17H,4,7-8H2,1-2H3. The highest BCUT2D eigenvalue weighted by Gasteiger charge is 2.20. The Kier molecular flexibility index (Phi) is 3.30. The van der Waals surface area contributed by atoms with E-state index in [1.165, 1.54) is 29.7 Å². The smallest absolute Gasteiger partial charge is 0.159 e. The number of fused-ring (bicyclic) bond motifs is 1. The van der Waals surface area contributed by atoms with Crippen LogP contribution in [-0.4, -0.2) is 17.0 Å². The van der Waals surface area contributed by atoms with Crippen LogP contribution >= 0.6 is 0 Å². The summed E-state index contributed by atoms with van der Waals surface area (Å²) in [6.07, 6.45) is 5.44. The number of rotatable bonds is 2. The molecule has 19 heavy (non-hydrogen) atoms. The highest BCUT2D eigenvalue weighted by Crippen LogP contribution is 2.29. The van der Waals surface area contributed by atoms with Crippen molar-refractivity contribution >= 4 is 0 Å². The van der Waals surface area contributed by atoms with Gasteiger partial charge in [-0.15, -0.1) is 0 Å². The Bertz CT molecular complexity index is 592. The zero-order chi connectivity index (χ0) is 13.2. The number of nitrogens with one attached hydrogen (secondary N) is 1. The van der Waals surface area contributed by atoms with E-state index in [0.717, 1.165) is 17.8 Å². The average Bonchev–Trinajstić information content (AvgIpc) is 2.46. The topological polar surface area (TPSA) is 37.8 Å². The van der Waals surface area contributed by atoms with E-state index in [4.69, 9.17) is 4.98 Å². The Morgan fingerprint density at radius 1 is 1.32 bits per heavy atom. The van der Waals surface area contributed by atoms with Crippen LogP contribution in [0.25, 0.3) is 11.4 Å². The van der Waals surface area contributed by atoms with Crippen molar-refractivity contribution in [2.24, 2.45) is 0 Å². The summed E-state index contributed by atoms with van der Waals surface area (Å²) in [5.41, 5.74) is 4.82. The van der Waals surface area contributed by atoms with Gasteiger partial charge in [0.1, 0.15) is 0 Å². The number of nitrogens with zero attached hydrogens (tertiary/aromatic N) is 2. The predicted molar refractivity (Wildman–Crippen MR) is 76.9 cm³/mol. The molecule has 0 bridgehead atoms. The molecule has 0 fully saturated rings. The van der Waals surface area contributed by atoms with Crippen molar-refractivity contribution in [1.82, 2.24) is 15.3 Å². The highest BCUT2D eigenvalue weighted by atomic mass is 14.9. The molecule has 1 heterocycles. The SMILES string of the molecule is CNC1CCCc2nc(-c3cccc(C)c3)ncc21. The molecule has 0 saturated heterocycles. The largest absolute Gasteiger partial charge is 0.313 e. The molecular weight excluding hydrogens is 234 g/mol. The normalized spacial score (nSPS) is 18.1. The molecule has 1 unspecified atom stereocenters. The van der Waals surface area contributed by atoms with E-state index in [9.17, 15) is 0 Å². The van der Waals surface area contributed by atoms with Crippen molar-refractivity contribution in [2.45, 2.75) is 32.2 Å². The summed E-state index contributed by atoms with van der Waals surface area (Å²) in [5.74, 6) is 0.846. The Morgan fingerprint density at radius 3 is 3.00 bits per heavy atom. The first-order chi connectivity index (χ1) is 9.28. The van der Waals surface area contributed by atoms with Gasteiger partial charge < -0.3 is 5.32 Å². The van der Waals surface area contributed by atoms with E-state index in [1.807, 2.05) is 13.2 Å². The van der Waals surface area contributed by atoms with Crippen LogP contribution in [0.15, 0.2) is 30.5 Å². The van der Waals surface area contributed by atoms with Crippen molar-refractivity contribution in [2.75, 3.05) is 7.05 Å². The van der Waals surface area contributed by atoms with E-state index in [-0.39, 0.29) is 0 Å². The molecular formula is C16H19N3. The average molecular weight is 253 g/mol. The van der Waals surface area contributed by atoms with Crippen molar-refractivity contribution < 1.29 is 0 Å². The molecule has 3 nitrogen and oxygen atoms in total. The van der Waals surface area contributed by atoms with Gasteiger partial charge in [0.05, 0.1) is 0 Å². The van der Waals surface area contributed by atoms with Gasteiger partial charge in [-0.2, -0.15) is 0 Å². The molecule has 1 aliphatic carbocycles. The third kappa shape index (κ3) is 2.38. The fraction of sp³-hybridized carbons (Fsp3) is 0.375. The molecule has 0 amide bonds. The lowest BCUT2D eigenvalue weighted by Crippen LogP contribution is -2.22. The molecule has 1 atom stereocenters. The lowest BCUT2D eigenvalue weighted by molar-refractivity contribution is 0.488. The molecule has 1 N–H and O–H groups in total. The van der Waals surface area contributed by atoms with Gasteiger partial charge in [0.25, 0.3) is 0 Å². The summed E-state index contributed by atoms with van der Waals surface area (Å²) >= 11 is 0. The van der Waals surface area contributed by atoms with Crippen molar-refractivity contribution in [3.8, 4) is 11.4 Å². The van der Waals surface area contributed by atoms with Crippen LogP contribution in [-0.2, 0) is 6.42 Å². The summed E-state index contributed by atoms with van der Waals surface area (Å²) in [4.78, 5) is 9.32. The fourth-order valence-corrected chi connectivity index (χ4v) is 2.77. The maximum Gasteiger partial charge on any atom is 0.159 e. The third-order valence-corrected chi connectivity index (χ3v) is 3.81. The first-order valence-electron chi connectivity index (χ1n) is 6.88. The van der Waals surface area contributed by atoms with Crippen LogP contribution in [0, 0.1) is 6.92 Å². The molecule has 0 aliphatic heterocycles. The van der Waals surface area contributed by atoms with Crippen LogP contribution in [0.5, 0.6) is 0 Å². The van der Waals surface area contributed by atoms with E-state index in [0.29, 0.717) is 6.04 Å². The van der Waals surface area contributed by atoms with Crippen LogP contribution in [0.1, 0.15) is 35.7 Å². The second kappa shape index (κ2) is 5.10. The van der Waals surface area contributed by atoms with Crippen LogP contribution in [0.3, 0.4) is 0 Å². The van der Waals surface area contributed by atoms with Gasteiger partial charge in [-0.25, -0.2) is 9.97 Å². The number of aryl methyl sites for hydroxylation is 2. The van der Waals surface area contributed by atoms with Gasteiger partial charge in [-0.3, -0.25) is 0 Å². The number of benzene rings is 1. The summed E-state index contributed by atoms with van der Waals surface area (Å²) in [6, 6.07) is 8.78. The third-order valence-electron chi connectivity index (χ3n) is 3.81. The predicted octanol–water partition coefficient (Wildman–Crippen LogP) is 3.05. The number of aromatic nitrogens is 2. The van der Waals surface area contributed by atoms with Gasteiger partial charge in [-0.05, 0) is 39.3 Å². The Balaban J connectivity index is 2.02. The van der Waals surface area contributed by atoms with Gasteiger partial charge in [0.2, 0.25) is 0 Å². The summed E-state index contributed by atoms with van der Waals surface area (Å²) in [5, 5.41) is 3.35. The van der Waals surface area contributed by atoms with Crippen LogP contribution < -0.4 is 5.32 Å². The monoisotopic (exact) mass is 253 g/mol. The summed E-state index contributed by atoms with van der Waals surface area (Å²) < 4.78 is 0. The molecule has 2 aromatic rings. The second-order valence-electron chi connectivity index (χ2n) is 5.20. The lowest BCUT2D eigenvalue weighted by Gasteiger charge is -2.24. The molecule has 0 spiro atoms. The Morgan fingerprint density at radius 2 is 2.21 bits per heavy atom. The molecule has 98 valence electrons. The van der Waals surface area contributed by atoms with Crippen molar-refractivity contribution in [1.29, 1.82) is 0 Å². The van der Waals surface area contributed by atoms with Crippen LogP contribution in [0.4, 0.5) is 0 Å². The van der Waals surface area contributed by atoms with E-state index < -0.39 is 0 Å². The summed E-state index contributed by atoms with van der Waals surface area (Å²) in [7, 11) is 2.01. The highest BCUT2D eigenvalue weighted by molar-refractivity contribution is 5.56. The maximum atomic E-state index is 4.77. The number of hydrogen-bond donors (Lipinski definition) is 1. The zero-order valence-electron chi connectivity index (χ0n) is 11.5. The molecule has 3 rings (SSSR count). The fourth-order valence-electron chi connectivity index (χ4n) is 2.77. The first-order valence-corrected chi connectivity index (χ1v) is 6.88. The lowest BCUT2D eigenvalue weighted by atomic mass is 9.92. The van der Waals surface area contributed by atoms with E-state index in [2.05, 4.69) is 41.5 Å². The minimum Gasteiger partial charge on any atom is -0.313 e. The molecule has 3 heteroatoms. The van der Waals surface area contributed by atoms with E-state index >= 15 is 0 Å². The van der Waals surface area contributed by atoms with Gasteiger partial charge in [0.15, 0.2) is 5.82 Å². The molecule has 0 saturated carbocycles. The quantitative estimate of drug-likeness (QED) is 0.894. The summed E-state index contributed by atoms with van der Waals surface area (Å²) in [6.45, 7) is 2.10. The molecule has 0 radical (unpaired) electrons. The van der Waals surface area contributed by atoms with E-state index in [1.54, 1.807) is 0 Å². The first kappa shape index (κ1) is 12.3. The van der Waals surface area contributed by atoms with Gasteiger partial charge >= 0.3 is 0 Å². The Labute approximate surface area is 114 Å². The molecule has 1 aliphatic rings. The molecule has 1 aromatic heterocycles. The van der Waals surface area contributed by atoms with Crippen molar-refractivity contribution in [3.63, 3.8) is 0 Å². The molecule has 1 aromatic carbocycles. The zero-order valence-corrected chi connectivity index (χ0v) is 11.5.